The summed E-state index contributed by atoms with van der Waals surface area (Å²) in [4.78, 5) is 11.4. The third kappa shape index (κ3) is 3.93. The highest BCUT2D eigenvalue weighted by molar-refractivity contribution is 5.91. The number of rotatable bonds is 6. The first-order valence-electron chi connectivity index (χ1n) is 9.07. The average molecular weight is 360 g/mol. The minimum absolute atomic E-state index is 0.316. The lowest BCUT2D eigenvalue weighted by atomic mass is 10.1. The molecule has 7 nitrogen and oxygen atoms in total. The number of hydrogen-bond acceptors (Lipinski definition) is 7. The summed E-state index contributed by atoms with van der Waals surface area (Å²) in [6, 6.07) is 3.66. The molecule has 2 N–H and O–H groups in total. The van der Waals surface area contributed by atoms with Gasteiger partial charge in [0.15, 0.2) is 11.5 Å². The third-order valence-corrected chi connectivity index (χ3v) is 4.61. The van der Waals surface area contributed by atoms with Crippen LogP contribution >= 0.6 is 0 Å². The number of ether oxygens (including phenoxy) is 3. The zero-order valence-corrected chi connectivity index (χ0v) is 16.0. The van der Waals surface area contributed by atoms with E-state index in [4.69, 9.17) is 24.9 Å². The lowest BCUT2D eigenvalue weighted by molar-refractivity contribution is 0.0213. The standard InChI is InChI=1S/C19H28N4O3/c1-12(2)11-26-13-5-7-23(8-6-13)19-21-15-10-17(25-4)16(24-3)9-14(15)18(20)22-19/h9-10,12-13H,5-8,11H2,1-4H3,(H2,20,21,22). The predicted molar refractivity (Wildman–Crippen MR) is 103 cm³/mol. The number of benzene rings is 1. The smallest absolute Gasteiger partial charge is 0.227 e. The second-order valence-electron chi connectivity index (χ2n) is 7.05. The summed E-state index contributed by atoms with van der Waals surface area (Å²) < 4.78 is 16.7. The molecule has 7 heteroatoms. The fourth-order valence-electron chi connectivity index (χ4n) is 3.16. The van der Waals surface area contributed by atoms with Gasteiger partial charge in [0.2, 0.25) is 5.95 Å². The maximum absolute atomic E-state index is 6.19. The van der Waals surface area contributed by atoms with Gasteiger partial charge in [-0.25, -0.2) is 4.98 Å². The van der Waals surface area contributed by atoms with Crippen molar-refractivity contribution in [2.45, 2.75) is 32.8 Å². The van der Waals surface area contributed by atoms with Crippen LogP contribution in [0.1, 0.15) is 26.7 Å². The van der Waals surface area contributed by atoms with Gasteiger partial charge in [-0.15, -0.1) is 0 Å². The number of aromatic nitrogens is 2. The molecule has 1 aromatic carbocycles. The van der Waals surface area contributed by atoms with Crippen molar-refractivity contribution in [1.82, 2.24) is 9.97 Å². The van der Waals surface area contributed by atoms with Crippen molar-refractivity contribution in [1.29, 1.82) is 0 Å². The van der Waals surface area contributed by atoms with Crippen LogP contribution < -0.4 is 20.1 Å². The molecule has 2 heterocycles. The summed E-state index contributed by atoms with van der Waals surface area (Å²) in [6.45, 7) is 6.88. The summed E-state index contributed by atoms with van der Waals surface area (Å²) in [5, 5.41) is 0.765. The van der Waals surface area contributed by atoms with Crippen molar-refractivity contribution in [2.75, 3.05) is 44.5 Å². The van der Waals surface area contributed by atoms with Crippen LogP contribution in [0.2, 0.25) is 0 Å². The van der Waals surface area contributed by atoms with Gasteiger partial charge in [-0.1, -0.05) is 13.8 Å². The quantitative estimate of drug-likeness (QED) is 0.848. The third-order valence-electron chi connectivity index (χ3n) is 4.61. The van der Waals surface area contributed by atoms with Gasteiger partial charge in [0.1, 0.15) is 5.82 Å². The molecule has 142 valence electrons. The molecular weight excluding hydrogens is 332 g/mol. The molecule has 0 spiro atoms. The molecule has 26 heavy (non-hydrogen) atoms. The Kier molecular flexibility index (Phi) is 5.66. The summed E-state index contributed by atoms with van der Waals surface area (Å²) in [7, 11) is 3.21. The fraction of sp³-hybridized carbons (Fsp3) is 0.579. The lowest BCUT2D eigenvalue weighted by Gasteiger charge is -2.32. The number of hydrogen-bond donors (Lipinski definition) is 1. The highest BCUT2D eigenvalue weighted by Crippen LogP contribution is 2.34. The number of methoxy groups -OCH3 is 2. The predicted octanol–water partition coefficient (Wildman–Crippen LogP) is 2.87. The minimum atomic E-state index is 0.316. The summed E-state index contributed by atoms with van der Waals surface area (Å²) in [5.74, 6) is 2.91. The largest absolute Gasteiger partial charge is 0.493 e. The molecule has 0 bridgehead atoms. The van der Waals surface area contributed by atoms with Gasteiger partial charge < -0.3 is 24.8 Å². The molecule has 0 aliphatic carbocycles. The number of fused-ring (bicyclic) bond motifs is 1. The molecule has 0 unspecified atom stereocenters. The maximum Gasteiger partial charge on any atom is 0.227 e. The van der Waals surface area contributed by atoms with Crippen LogP contribution in [-0.2, 0) is 4.74 Å². The molecule has 1 aromatic heterocycles. The van der Waals surface area contributed by atoms with Gasteiger partial charge in [-0.05, 0) is 24.8 Å². The highest BCUT2D eigenvalue weighted by Gasteiger charge is 2.23. The number of anilines is 2. The number of nitrogen functional groups attached to an aromatic ring is 1. The zero-order chi connectivity index (χ0) is 18.7. The normalized spacial score (nSPS) is 15.7. The van der Waals surface area contributed by atoms with E-state index in [0.29, 0.717) is 35.3 Å². The Morgan fingerprint density at radius 2 is 1.77 bits per heavy atom. The van der Waals surface area contributed by atoms with Crippen LogP contribution in [0.3, 0.4) is 0 Å². The van der Waals surface area contributed by atoms with Crippen LogP contribution in [0.4, 0.5) is 11.8 Å². The maximum atomic E-state index is 6.19. The molecule has 0 amide bonds. The highest BCUT2D eigenvalue weighted by atomic mass is 16.5. The van der Waals surface area contributed by atoms with Crippen LogP contribution in [-0.4, -0.2) is 50.0 Å². The van der Waals surface area contributed by atoms with Gasteiger partial charge in [-0.3, -0.25) is 0 Å². The van der Waals surface area contributed by atoms with Crippen molar-refractivity contribution in [3.63, 3.8) is 0 Å². The van der Waals surface area contributed by atoms with E-state index < -0.39 is 0 Å². The van der Waals surface area contributed by atoms with Crippen molar-refractivity contribution in [3.8, 4) is 11.5 Å². The van der Waals surface area contributed by atoms with E-state index in [2.05, 4.69) is 23.7 Å². The van der Waals surface area contributed by atoms with Gasteiger partial charge >= 0.3 is 0 Å². The van der Waals surface area contributed by atoms with Crippen molar-refractivity contribution in [3.05, 3.63) is 12.1 Å². The first-order valence-corrected chi connectivity index (χ1v) is 9.07. The Morgan fingerprint density at radius 3 is 2.38 bits per heavy atom. The number of piperidine rings is 1. The Labute approximate surface area is 154 Å². The molecule has 1 aliphatic heterocycles. The van der Waals surface area contributed by atoms with Gasteiger partial charge in [0.05, 0.1) is 25.8 Å². The number of nitrogens with two attached hydrogens (primary N) is 1. The van der Waals surface area contributed by atoms with Gasteiger partial charge in [-0.2, -0.15) is 4.98 Å². The Balaban J connectivity index is 1.79. The van der Waals surface area contributed by atoms with Crippen molar-refractivity contribution in [2.24, 2.45) is 5.92 Å². The molecule has 1 aliphatic rings. The van der Waals surface area contributed by atoms with Crippen molar-refractivity contribution < 1.29 is 14.2 Å². The van der Waals surface area contributed by atoms with E-state index in [1.165, 1.54) is 0 Å². The van der Waals surface area contributed by atoms with Crippen LogP contribution in [0, 0.1) is 5.92 Å². The summed E-state index contributed by atoms with van der Waals surface area (Å²) >= 11 is 0. The monoisotopic (exact) mass is 360 g/mol. The van der Waals surface area contributed by atoms with E-state index in [0.717, 1.165) is 43.4 Å². The van der Waals surface area contributed by atoms with Crippen molar-refractivity contribution >= 4 is 22.7 Å². The van der Waals surface area contributed by atoms with Crippen LogP contribution in [0.15, 0.2) is 12.1 Å². The average Bonchev–Trinajstić information content (AvgIpc) is 2.65. The summed E-state index contributed by atoms with van der Waals surface area (Å²) in [6.07, 6.45) is 2.26. The molecule has 1 fully saturated rings. The molecule has 2 aromatic rings. The SMILES string of the molecule is COc1cc2nc(N3CCC(OCC(C)C)CC3)nc(N)c2cc1OC. The van der Waals surface area contributed by atoms with Crippen LogP contribution in [0.25, 0.3) is 10.9 Å². The Morgan fingerprint density at radius 1 is 1.12 bits per heavy atom. The zero-order valence-electron chi connectivity index (χ0n) is 16.0. The van der Waals surface area contributed by atoms with E-state index in [1.807, 2.05) is 12.1 Å². The molecule has 0 atom stereocenters. The first-order chi connectivity index (χ1) is 12.5. The van der Waals surface area contributed by atoms with Crippen LogP contribution in [0.5, 0.6) is 11.5 Å². The van der Waals surface area contributed by atoms with E-state index in [-0.39, 0.29) is 0 Å². The summed E-state index contributed by atoms with van der Waals surface area (Å²) in [5.41, 5.74) is 6.94. The second-order valence-corrected chi connectivity index (χ2v) is 7.05. The van der Waals surface area contributed by atoms with E-state index in [9.17, 15) is 0 Å². The Hall–Kier alpha value is -2.28. The van der Waals surface area contributed by atoms with E-state index >= 15 is 0 Å². The van der Waals surface area contributed by atoms with Gasteiger partial charge in [0, 0.05) is 31.1 Å². The topological polar surface area (TPSA) is 82.7 Å². The molecule has 3 rings (SSSR count). The molecular formula is C19H28N4O3. The molecule has 1 saturated heterocycles. The van der Waals surface area contributed by atoms with Gasteiger partial charge in [0.25, 0.3) is 0 Å². The number of nitrogens with zero attached hydrogens (tertiary/aromatic N) is 3. The Bertz CT molecular complexity index is 758. The first kappa shape index (κ1) is 18.5. The minimum Gasteiger partial charge on any atom is -0.493 e. The second kappa shape index (κ2) is 7.95. The molecule has 0 saturated carbocycles. The molecule has 0 radical (unpaired) electrons. The lowest BCUT2D eigenvalue weighted by Crippen LogP contribution is -2.38. The van der Waals surface area contributed by atoms with E-state index in [1.54, 1.807) is 14.2 Å². The fourth-order valence-corrected chi connectivity index (χ4v) is 3.16.